The number of nitrogens with one attached hydrogen (secondary N) is 1. The number of rotatable bonds is 11. The largest absolute Gasteiger partial charge is 0.392 e. The summed E-state index contributed by atoms with van der Waals surface area (Å²) in [4.78, 5) is 14.5. The summed E-state index contributed by atoms with van der Waals surface area (Å²) in [6, 6.07) is 22.1. The van der Waals surface area contributed by atoms with Crippen LogP contribution in [0.5, 0.6) is 0 Å². The maximum atomic E-state index is 14.1. The lowest BCUT2D eigenvalue weighted by Crippen LogP contribution is -2.37. The molecule has 0 saturated carbocycles. The van der Waals surface area contributed by atoms with Gasteiger partial charge < -0.3 is 24.8 Å². The SMILES string of the molecule is C=CCN(C)C[C@H]1C[C@@H](c2ccc(CO)cc2)O[C@@H](c2ccc(-c3cccc(CNC(=O)c4c(F)c(F)c(F)c(F)c4F)c3)cc2)O1. The first-order valence-electron chi connectivity index (χ1n) is 14.9. The normalized spacial score (nSPS) is 17.9. The second-order valence-corrected chi connectivity index (χ2v) is 11.3. The Morgan fingerprint density at radius 2 is 1.51 bits per heavy atom. The number of ether oxygens (including phenoxy) is 2. The molecule has 2 N–H and O–H groups in total. The third kappa shape index (κ3) is 7.77. The number of carbonyl (C=O) groups excluding carboxylic acids is 1. The highest BCUT2D eigenvalue weighted by Gasteiger charge is 2.33. The molecule has 0 spiro atoms. The van der Waals surface area contributed by atoms with E-state index in [1.165, 1.54) is 0 Å². The number of hydrogen-bond donors (Lipinski definition) is 2. The van der Waals surface area contributed by atoms with E-state index >= 15 is 0 Å². The van der Waals surface area contributed by atoms with Gasteiger partial charge in [0.1, 0.15) is 5.56 Å². The van der Waals surface area contributed by atoms with Crippen LogP contribution in [0.15, 0.2) is 85.5 Å². The van der Waals surface area contributed by atoms with Gasteiger partial charge in [-0.3, -0.25) is 4.79 Å². The van der Waals surface area contributed by atoms with Gasteiger partial charge in [0, 0.05) is 31.6 Å². The van der Waals surface area contributed by atoms with Crippen LogP contribution in [-0.2, 0) is 22.6 Å². The summed E-state index contributed by atoms with van der Waals surface area (Å²) in [5, 5.41) is 11.7. The van der Waals surface area contributed by atoms with Gasteiger partial charge in [-0.05, 0) is 40.9 Å². The molecule has 0 aliphatic carbocycles. The van der Waals surface area contributed by atoms with Crippen molar-refractivity contribution in [3.05, 3.63) is 142 Å². The second kappa shape index (κ2) is 15.0. The van der Waals surface area contributed by atoms with Gasteiger partial charge >= 0.3 is 0 Å². The summed E-state index contributed by atoms with van der Waals surface area (Å²) < 4.78 is 81.4. The van der Waals surface area contributed by atoms with Crippen molar-refractivity contribution in [3.63, 3.8) is 0 Å². The first-order chi connectivity index (χ1) is 22.6. The van der Waals surface area contributed by atoms with Crippen molar-refractivity contribution in [1.82, 2.24) is 10.2 Å². The molecule has 4 aromatic carbocycles. The van der Waals surface area contributed by atoms with E-state index in [1.54, 1.807) is 18.2 Å². The molecule has 1 heterocycles. The van der Waals surface area contributed by atoms with Gasteiger partial charge in [0.15, 0.2) is 29.6 Å². The van der Waals surface area contributed by atoms with Crippen LogP contribution >= 0.6 is 0 Å². The number of halogens is 5. The Bertz CT molecular complexity index is 1700. The highest BCUT2D eigenvalue weighted by Crippen LogP contribution is 2.38. The predicted octanol–water partition coefficient (Wildman–Crippen LogP) is 7.13. The molecule has 0 unspecified atom stereocenters. The average molecular weight is 653 g/mol. The summed E-state index contributed by atoms with van der Waals surface area (Å²) in [5.74, 6) is -12.5. The molecule has 5 rings (SSSR count). The molecule has 4 aromatic rings. The van der Waals surface area contributed by atoms with Gasteiger partial charge in [0.05, 0.1) is 18.8 Å². The van der Waals surface area contributed by atoms with E-state index in [9.17, 15) is 31.9 Å². The monoisotopic (exact) mass is 652 g/mol. The van der Waals surface area contributed by atoms with Gasteiger partial charge in [0.25, 0.3) is 5.91 Å². The molecule has 47 heavy (non-hydrogen) atoms. The first kappa shape index (κ1) is 33.9. The maximum Gasteiger partial charge on any atom is 0.257 e. The fourth-order valence-electron chi connectivity index (χ4n) is 5.44. The number of hydrogen-bond acceptors (Lipinski definition) is 5. The maximum absolute atomic E-state index is 14.1. The van der Waals surface area contributed by atoms with Crippen molar-refractivity contribution in [2.75, 3.05) is 20.1 Å². The molecule has 1 saturated heterocycles. The van der Waals surface area contributed by atoms with Gasteiger partial charge in [-0.2, -0.15) is 0 Å². The standard InChI is InChI=1S/C36H33F5N2O4/c1-3-15-43(2)19-27-17-28(24-9-7-21(20-44)8-10-24)47-36(46-27)25-13-11-23(12-14-25)26-6-4-5-22(16-26)18-42-35(45)29-30(37)32(39)34(41)33(40)31(29)38/h3-14,16,27-28,36,44H,1,15,17-20H2,2H3,(H,42,45)/t27-,28+,36+/m1/s1. The number of likely N-dealkylation sites (N-methyl/N-ethyl adjacent to an activating group) is 1. The number of benzene rings is 4. The number of amides is 1. The van der Waals surface area contributed by atoms with Crippen LogP contribution < -0.4 is 5.32 Å². The van der Waals surface area contributed by atoms with Crippen LogP contribution in [0, 0.1) is 29.1 Å². The number of carbonyl (C=O) groups is 1. The van der Waals surface area contributed by atoms with Crippen LogP contribution in [-0.4, -0.2) is 42.2 Å². The van der Waals surface area contributed by atoms with Gasteiger partial charge in [0.2, 0.25) is 5.82 Å². The summed E-state index contributed by atoms with van der Waals surface area (Å²) in [7, 11) is 1.99. The van der Waals surface area contributed by atoms with Gasteiger partial charge in [-0.25, -0.2) is 22.0 Å². The predicted molar refractivity (Wildman–Crippen MR) is 165 cm³/mol. The van der Waals surface area contributed by atoms with Crippen LogP contribution in [0.2, 0.25) is 0 Å². The molecule has 1 aliphatic rings. The highest BCUT2D eigenvalue weighted by atomic mass is 19.2. The van der Waals surface area contributed by atoms with Crippen molar-refractivity contribution in [3.8, 4) is 11.1 Å². The fourth-order valence-corrected chi connectivity index (χ4v) is 5.44. The zero-order valence-electron chi connectivity index (χ0n) is 25.5. The fraction of sp³-hybridized carbons (Fsp3) is 0.250. The number of aliphatic hydroxyl groups is 1. The van der Waals surface area contributed by atoms with Gasteiger partial charge in [-0.1, -0.05) is 72.8 Å². The molecule has 0 aromatic heterocycles. The molecule has 1 aliphatic heterocycles. The molecule has 246 valence electrons. The van der Waals surface area contributed by atoms with E-state index in [-0.39, 0.29) is 25.4 Å². The molecule has 3 atom stereocenters. The smallest absolute Gasteiger partial charge is 0.257 e. The molecular weight excluding hydrogens is 619 g/mol. The zero-order valence-corrected chi connectivity index (χ0v) is 25.5. The van der Waals surface area contributed by atoms with Crippen LogP contribution in [0.4, 0.5) is 22.0 Å². The molecule has 0 bridgehead atoms. The van der Waals surface area contributed by atoms with E-state index in [4.69, 9.17) is 9.47 Å². The Morgan fingerprint density at radius 1 is 0.872 bits per heavy atom. The van der Waals surface area contributed by atoms with E-state index in [1.807, 2.05) is 67.7 Å². The Balaban J connectivity index is 1.30. The number of nitrogens with zero attached hydrogens (tertiary/aromatic N) is 1. The van der Waals surface area contributed by atoms with Crippen molar-refractivity contribution < 1.29 is 41.3 Å². The lowest BCUT2D eigenvalue weighted by molar-refractivity contribution is -0.252. The minimum Gasteiger partial charge on any atom is -0.392 e. The first-order valence-corrected chi connectivity index (χ1v) is 14.9. The van der Waals surface area contributed by atoms with E-state index < -0.39 is 46.8 Å². The quantitative estimate of drug-likeness (QED) is 0.0781. The minimum atomic E-state index is -2.33. The lowest BCUT2D eigenvalue weighted by atomic mass is 9.99. The molecule has 6 nitrogen and oxygen atoms in total. The Kier molecular flexibility index (Phi) is 10.8. The lowest BCUT2D eigenvalue weighted by Gasteiger charge is -2.37. The summed E-state index contributed by atoms with van der Waals surface area (Å²) in [6.07, 6.45) is 1.46. The van der Waals surface area contributed by atoms with E-state index in [0.717, 1.165) is 27.8 Å². The van der Waals surface area contributed by atoms with E-state index in [2.05, 4.69) is 16.8 Å². The van der Waals surface area contributed by atoms with Crippen molar-refractivity contribution in [1.29, 1.82) is 0 Å². The van der Waals surface area contributed by atoms with Crippen molar-refractivity contribution in [2.24, 2.45) is 0 Å². The molecular formula is C36H33F5N2O4. The minimum absolute atomic E-state index is 0.0468. The molecule has 1 fully saturated rings. The van der Waals surface area contributed by atoms with Gasteiger partial charge in [-0.15, -0.1) is 6.58 Å². The topological polar surface area (TPSA) is 71.0 Å². The Labute approximate surface area is 269 Å². The van der Waals surface area contributed by atoms with Crippen LogP contribution in [0.1, 0.15) is 51.4 Å². The van der Waals surface area contributed by atoms with Crippen LogP contribution in [0.3, 0.4) is 0 Å². The average Bonchev–Trinajstić information content (AvgIpc) is 3.09. The highest BCUT2D eigenvalue weighted by molar-refractivity contribution is 5.94. The van der Waals surface area contributed by atoms with Crippen LogP contribution in [0.25, 0.3) is 11.1 Å². The third-order valence-corrected chi connectivity index (χ3v) is 7.90. The number of aliphatic hydroxyl groups excluding tert-OH is 1. The van der Waals surface area contributed by atoms with E-state index in [0.29, 0.717) is 25.1 Å². The molecule has 1 amide bonds. The second-order valence-electron chi connectivity index (χ2n) is 11.3. The summed E-state index contributed by atoms with van der Waals surface area (Å²) in [5.41, 5.74) is 3.15. The third-order valence-electron chi connectivity index (χ3n) is 7.90. The zero-order chi connectivity index (χ0) is 33.7. The summed E-state index contributed by atoms with van der Waals surface area (Å²) in [6.45, 7) is 4.91. The summed E-state index contributed by atoms with van der Waals surface area (Å²) >= 11 is 0. The molecule has 11 heteroatoms. The Morgan fingerprint density at radius 3 is 2.15 bits per heavy atom. The molecule has 0 radical (unpaired) electrons. The Hall–Kier alpha value is -4.42. The van der Waals surface area contributed by atoms with Crippen molar-refractivity contribution >= 4 is 5.91 Å². The van der Waals surface area contributed by atoms with Crippen molar-refractivity contribution in [2.45, 2.75) is 38.1 Å².